The number of hydrogen-bond acceptors (Lipinski definition) is 0. The van der Waals surface area contributed by atoms with Gasteiger partial charge in [-0.05, 0) is 148 Å². The van der Waals surface area contributed by atoms with E-state index in [-0.39, 0.29) is 10.8 Å². The molecule has 1 aliphatic carbocycles. The van der Waals surface area contributed by atoms with Gasteiger partial charge in [-0.3, -0.25) is 0 Å². The minimum atomic E-state index is -0.0197. The molecule has 266 valence electrons. The summed E-state index contributed by atoms with van der Waals surface area (Å²) in [6.45, 7) is 16.3. The first-order valence-electron chi connectivity index (χ1n) is 19.8. The molecule has 0 amide bonds. The summed E-state index contributed by atoms with van der Waals surface area (Å²) >= 11 is 0. The Labute approximate surface area is 321 Å². The fourth-order valence-corrected chi connectivity index (χ4v) is 9.14. The Bertz CT molecular complexity index is 2750. The van der Waals surface area contributed by atoms with Crippen molar-refractivity contribution in [3.05, 3.63) is 179 Å². The van der Waals surface area contributed by atoms with Crippen LogP contribution in [0.1, 0.15) is 81.8 Å². The molecule has 0 heteroatoms. The van der Waals surface area contributed by atoms with Crippen molar-refractivity contribution >= 4 is 32.3 Å². The van der Waals surface area contributed by atoms with E-state index in [2.05, 4.69) is 194 Å². The molecule has 0 aliphatic heterocycles. The SMILES string of the molecule is CC(C)Cc1ccc2c(c1)C(C)(C)c1cc(-c3ccc4cc(-c5ccc6cc(Cc7ccc(C(C)(C)C)c8ccccc78)ccc6c5)ccc4c3)ccc1-2. The highest BCUT2D eigenvalue weighted by molar-refractivity contribution is 5.94. The number of hydrogen-bond donors (Lipinski definition) is 0. The van der Waals surface area contributed by atoms with E-state index >= 15 is 0 Å². The predicted octanol–water partition coefficient (Wildman–Crippen LogP) is 14.9. The van der Waals surface area contributed by atoms with Crippen LogP contribution in [-0.2, 0) is 23.7 Å². The standard InChI is InChI=1S/C54H50/c1-34(2)26-35-13-23-48-49-24-21-44(33-52(49)54(6,7)51(48)29-35)43-20-19-41-31-40(17-18-42(41)32-43)39-16-15-37-27-36(12-14-38(37)30-39)28-45-22-25-50(53(3,4)5)47-11-9-8-10-46(45)47/h8-25,27,29-34H,26,28H2,1-7H3. The average Bonchev–Trinajstić information content (AvgIpc) is 3.38. The molecule has 9 rings (SSSR count). The Morgan fingerprint density at radius 2 is 0.981 bits per heavy atom. The summed E-state index contributed by atoms with van der Waals surface area (Å²) in [6, 6.07) is 55.6. The first kappa shape index (κ1) is 34.3. The molecule has 8 aromatic rings. The van der Waals surface area contributed by atoms with E-state index < -0.39 is 0 Å². The lowest BCUT2D eigenvalue weighted by Gasteiger charge is -2.23. The van der Waals surface area contributed by atoms with Crippen molar-refractivity contribution in [2.24, 2.45) is 5.92 Å². The molecule has 0 radical (unpaired) electrons. The van der Waals surface area contributed by atoms with Gasteiger partial charge in [-0.15, -0.1) is 0 Å². The Kier molecular flexibility index (Phi) is 8.16. The van der Waals surface area contributed by atoms with Crippen LogP contribution >= 0.6 is 0 Å². The molecule has 0 N–H and O–H groups in total. The van der Waals surface area contributed by atoms with Gasteiger partial charge in [0.2, 0.25) is 0 Å². The normalized spacial score (nSPS) is 13.6. The molecular weight excluding hydrogens is 649 g/mol. The molecular formula is C54H50. The zero-order valence-corrected chi connectivity index (χ0v) is 32.8. The lowest BCUT2D eigenvalue weighted by molar-refractivity contribution is 0.596. The molecule has 0 bridgehead atoms. The molecule has 0 fully saturated rings. The molecule has 0 heterocycles. The summed E-state index contributed by atoms with van der Waals surface area (Å²) in [6.07, 6.45) is 2.04. The van der Waals surface area contributed by atoms with Gasteiger partial charge in [-0.2, -0.15) is 0 Å². The largest absolute Gasteiger partial charge is 0.0625 e. The predicted molar refractivity (Wildman–Crippen MR) is 234 cm³/mol. The summed E-state index contributed by atoms with van der Waals surface area (Å²) in [5, 5.41) is 7.83. The summed E-state index contributed by atoms with van der Waals surface area (Å²) in [5.74, 6) is 0.654. The van der Waals surface area contributed by atoms with Crippen LogP contribution in [0.3, 0.4) is 0 Å². The molecule has 8 aromatic carbocycles. The molecule has 1 aliphatic rings. The lowest BCUT2D eigenvalue weighted by Crippen LogP contribution is -2.15. The zero-order chi connectivity index (χ0) is 37.4. The van der Waals surface area contributed by atoms with Gasteiger partial charge < -0.3 is 0 Å². The van der Waals surface area contributed by atoms with Crippen LogP contribution in [0.15, 0.2) is 146 Å². The monoisotopic (exact) mass is 698 g/mol. The third-order valence-electron chi connectivity index (χ3n) is 12.0. The zero-order valence-electron chi connectivity index (χ0n) is 32.8. The topological polar surface area (TPSA) is 0 Å². The fourth-order valence-electron chi connectivity index (χ4n) is 9.14. The lowest BCUT2D eigenvalue weighted by atomic mass is 9.80. The van der Waals surface area contributed by atoms with Crippen LogP contribution in [0.25, 0.3) is 65.7 Å². The number of benzene rings is 8. The number of fused-ring (bicyclic) bond motifs is 6. The maximum absolute atomic E-state index is 2.46. The Morgan fingerprint density at radius 3 is 1.59 bits per heavy atom. The highest BCUT2D eigenvalue weighted by atomic mass is 14.4. The second-order valence-corrected chi connectivity index (χ2v) is 17.8. The first-order chi connectivity index (χ1) is 25.9. The van der Waals surface area contributed by atoms with Crippen LogP contribution in [0.2, 0.25) is 0 Å². The van der Waals surface area contributed by atoms with Gasteiger partial charge >= 0.3 is 0 Å². The van der Waals surface area contributed by atoms with E-state index in [9.17, 15) is 0 Å². The highest BCUT2D eigenvalue weighted by Gasteiger charge is 2.35. The van der Waals surface area contributed by atoms with Gasteiger partial charge in [0.1, 0.15) is 0 Å². The van der Waals surface area contributed by atoms with Crippen molar-refractivity contribution in [2.45, 2.75) is 72.1 Å². The third-order valence-corrected chi connectivity index (χ3v) is 12.0. The fraction of sp³-hybridized carbons (Fsp3) is 0.222. The second-order valence-electron chi connectivity index (χ2n) is 17.8. The van der Waals surface area contributed by atoms with E-state index in [0.717, 1.165) is 12.8 Å². The summed E-state index contributed by atoms with van der Waals surface area (Å²) in [7, 11) is 0. The van der Waals surface area contributed by atoms with Gasteiger partial charge in [-0.1, -0.05) is 170 Å². The molecule has 54 heavy (non-hydrogen) atoms. The number of rotatable bonds is 6. The van der Waals surface area contributed by atoms with E-state index in [1.165, 1.54) is 99.1 Å². The first-order valence-corrected chi connectivity index (χ1v) is 19.8. The van der Waals surface area contributed by atoms with Gasteiger partial charge in [0.05, 0.1) is 0 Å². The molecule has 0 saturated carbocycles. The van der Waals surface area contributed by atoms with Crippen LogP contribution in [0.4, 0.5) is 0 Å². The van der Waals surface area contributed by atoms with Crippen LogP contribution in [-0.4, -0.2) is 0 Å². The van der Waals surface area contributed by atoms with Crippen molar-refractivity contribution in [3.8, 4) is 33.4 Å². The van der Waals surface area contributed by atoms with Crippen molar-refractivity contribution in [3.63, 3.8) is 0 Å². The summed E-state index contributed by atoms with van der Waals surface area (Å²) in [5.41, 5.74) is 16.4. The maximum atomic E-state index is 2.46. The van der Waals surface area contributed by atoms with E-state index in [1.54, 1.807) is 0 Å². The Balaban J connectivity index is 0.971. The van der Waals surface area contributed by atoms with Crippen molar-refractivity contribution in [1.29, 1.82) is 0 Å². The average molecular weight is 699 g/mol. The molecule has 0 saturated heterocycles. The molecule has 0 nitrogen and oxygen atoms in total. The van der Waals surface area contributed by atoms with Crippen molar-refractivity contribution < 1.29 is 0 Å². The van der Waals surface area contributed by atoms with E-state index in [0.29, 0.717) is 5.92 Å². The van der Waals surface area contributed by atoms with Gasteiger partial charge in [-0.25, -0.2) is 0 Å². The molecule has 0 unspecified atom stereocenters. The van der Waals surface area contributed by atoms with Crippen LogP contribution < -0.4 is 0 Å². The minimum absolute atomic E-state index is 0.0197. The highest BCUT2D eigenvalue weighted by Crippen LogP contribution is 2.50. The summed E-state index contributed by atoms with van der Waals surface area (Å²) < 4.78 is 0. The van der Waals surface area contributed by atoms with Crippen LogP contribution in [0, 0.1) is 5.92 Å². The minimum Gasteiger partial charge on any atom is -0.0625 e. The Morgan fingerprint density at radius 1 is 0.481 bits per heavy atom. The van der Waals surface area contributed by atoms with E-state index in [4.69, 9.17) is 0 Å². The molecule has 0 spiro atoms. The third kappa shape index (κ3) is 6.03. The maximum Gasteiger partial charge on any atom is 0.0159 e. The quantitative estimate of drug-likeness (QED) is 0.162. The van der Waals surface area contributed by atoms with Gasteiger partial charge in [0, 0.05) is 5.41 Å². The smallest absolute Gasteiger partial charge is 0.0159 e. The van der Waals surface area contributed by atoms with E-state index in [1.807, 2.05) is 0 Å². The van der Waals surface area contributed by atoms with Gasteiger partial charge in [0.25, 0.3) is 0 Å². The molecule has 0 aromatic heterocycles. The van der Waals surface area contributed by atoms with Gasteiger partial charge in [0.15, 0.2) is 0 Å². The molecule has 0 atom stereocenters. The van der Waals surface area contributed by atoms with Crippen molar-refractivity contribution in [2.75, 3.05) is 0 Å². The Hall–Kier alpha value is -5.46. The van der Waals surface area contributed by atoms with Crippen molar-refractivity contribution in [1.82, 2.24) is 0 Å². The van der Waals surface area contributed by atoms with Crippen LogP contribution in [0.5, 0.6) is 0 Å². The second kappa shape index (κ2) is 12.8. The summed E-state index contributed by atoms with van der Waals surface area (Å²) in [4.78, 5) is 0.